The quantitative estimate of drug-likeness (QED) is 0.274. The lowest BCUT2D eigenvalue weighted by Crippen LogP contribution is -2.29. The number of amides is 1. The second kappa shape index (κ2) is 10.7. The maximum atomic E-state index is 15.6. The van der Waals surface area contributed by atoms with Crippen LogP contribution in [0.15, 0.2) is 30.5 Å². The summed E-state index contributed by atoms with van der Waals surface area (Å²) in [5.41, 5.74) is 7.57. The third kappa shape index (κ3) is 4.93. The number of carbonyl (C=O) groups excluding carboxylic acids is 1. The molecule has 4 aromatic rings. The molecule has 3 heterocycles. The fraction of sp³-hybridized carbons (Fsp3) is 0.400. The molecule has 0 fully saturated rings. The molecule has 8 nitrogen and oxygen atoms in total. The van der Waals surface area contributed by atoms with Crippen LogP contribution in [0.2, 0.25) is 0 Å². The molecular weight excluding hydrogens is 561 g/mol. The van der Waals surface area contributed by atoms with E-state index in [0.717, 1.165) is 50.7 Å². The number of fused-ring (bicyclic) bond motifs is 3. The normalized spacial score (nSPS) is 15.2. The first kappa shape index (κ1) is 29.8. The monoisotopic (exact) mass is 599 g/mol. The predicted molar refractivity (Wildman–Crippen MR) is 165 cm³/mol. The molecule has 0 spiro atoms. The van der Waals surface area contributed by atoms with Crippen molar-refractivity contribution in [1.82, 2.24) is 14.7 Å². The van der Waals surface area contributed by atoms with Gasteiger partial charge in [0.25, 0.3) is 5.91 Å². The molecule has 0 unspecified atom stereocenters. The summed E-state index contributed by atoms with van der Waals surface area (Å²) in [7, 11) is 1.86. The topological polar surface area (TPSA) is 93.9 Å². The number of nitrogens with zero attached hydrogens (tertiary/aromatic N) is 3. The molecule has 1 amide bonds. The van der Waals surface area contributed by atoms with Crippen molar-refractivity contribution in [3.63, 3.8) is 0 Å². The number of carboxylic acids is 1. The highest BCUT2D eigenvalue weighted by atomic mass is 19.1. The highest BCUT2D eigenvalue weighted by Gasteiger charge is 2.37. The zero-order chi connectivity index (χ0) is 31.7. The fourth-order valence-electron chi connectivity index (χ4n) is 6.82. The Bertz CT molecular complexity index is 1850. The lowest BCUT2D eigenvalue weighted by atomic mass is 9.81. The summed E-state index contributed by atoms with van der Waals surface area (Å²) in [5.74, 6) is -1.44. The number of rotatable bonds is 5. The highest BCUT2D eigenvalue weighted by Crippen LogP contribution is 2.47. The van der Waals surface area contributed by atoms with E-state index in [4.69, 9.17) is 9.47 Å². The molecule has 0 saturated heterocycles. The molecule has 44 heavy (non-hydrogen) atoms. The molecule has 0 aliphatic carbocycles. The maximum Gasteiger partial charge on any atom is 0.337 e. The van der Waals surface area contributed by atoms with E-state index in [1.54, 1.807) is 15.8 Å². The molecule has 0 radical (unpaired) electrons. The minimum atomic E-state index is -1.30. The number of hydrogen-bond acceptors (Lipinski definition) is 5. The van der Waals surface area contributed by atoms with Gasteiger partial charge >= 0.3 is 5.97 Å². The van der Waals surface area contributed by atoms with E-state index in [1.165, 1.54) is 6.07 Å². The van der Waals surface area contributed by atoms with Crippen molar-refractivity contribution in [3.05, 3.63) is 80.8 Å². The van der Waals surface area contributed by atoms with Crippen molar-refractivity contribution in [3.8, 4) is 16.9 Å². The van der Waals surface area contributed by atoms with Gasteiger partial charge < -0.3 is 19.5 Å². The first-order valence-electron chi connectivity index (χ1n) is 15.0. The van der Waals surface area contributed by atoms with Gasteiger partial charge in [0, 0.05) is 42.2 Å². The third-order valence-corrected chi connectivity index (χ3v) is 8.96. The van der Waals surface area contributed by atoms with E-state index in [-0.39, 0.29) is 11.7 Å². The van der Waals surface area contributed by atoms with Crippen molar-refractivity contribution in [2.75, 3.05) is 6.61 Å². The second-order valence-electron chi connectivity index (χ2n) is 12.9. The largest absolute Gasteiger partial charge is 0.490 e. The van der Waals surface area contributed by atoms with Gasteiger partial charge in [-0.3, -0.25) is 9.48 Å². The molecule has 1 N–H and O–H groups in total. The number of aromatic nitrogens is 2. The summed E-state index contributed by atoms with van der Waals surface area (Å²) in [6, 6.07) is 7.02. The fourth-order valence-corrected chi connectivity index (χ4v) is 6.82. The number of carboxylic acid groups (broad SMARTS) is 1. The van der Waals surface area contributed by atoms with Crippen LogP contribution in [-0.4, -0.2) is 43.9 Å². The number of ether oxygens (including phenoxy) is 2. The van der Waals surface area contributed by atoms with Crippen LogP contribution in [0.4, 0.5) is 4.39 Å². The van der Waals surface area contributed by atoms with Gasteiger partial charge in [-0.25, -0.2) is 9.18 Å². The van der Waals surface area contributed by atoms with Crippen LogP contribution < -0.4 is 4.74 Å². The molecule has 9 heteroatoms. The molecule has 2 aliphatic rings. The summed E-state index contributed by atoms with van der Waals surface area (Å²) in [6.45, 7) is 12.4. The number of aliphatic carboxylic acids is 1. The zero-order valence-corrected chi connectivity index (χ0v) is 26.3. The van der Waals surface area contributed by atoms with Crippen LogP contribution >= 0.6 is 0 Å². The highest BCUT2D eigenvalue weighted by molar-refractivity contribution is 5.98. The molecule has 0 bridgehead atoms. The molecule has 1 aromatic heterocycles. The summed E-state index contributed by atoms with van der Waals surface area (Å²) in [4.78, 5) is 28.5. The Morgan fingerprint density at radius 2 is 1.75 bits per heavy atom. The minimum absolute atomic E-state index is 0.122. The van der Waals surface area contributed by atoms with Crippen LogP contribution in [0.5, 0.6) is 5.75 Å². The van der Waals surface area contributed by atoms with Gasteiger partial charge in [-0.05, 0) is 118 Å². The molecular formula is C35H38FN3O5. The number of halogens is 1. The van der Waals surface area contributed by atoms with Crippen molar-refractivity contribution >= 4 is 22.8 Å². The SMILES string of the molecule is Cc1c(-c2c(C)c3c(c(C)c2[C@H](OC(C)(C)C)C(=O)O)CN(C(=O)c2ccc4c(cnn4C)c2)C3)cc(F)c2c1CCCO2. The molecule has 1 atom stereocenters. The van der Waals surface area contributed by atoms with Crippen LogP contribution in [0, 0.1) is 26.6 Å². The smallest absolute Gasteiger partial charge is 0.337 e. The van der Waals surface area contributed by atoms with Crippen LogP contribution in [0.25, 0.3) is 22.0 Å². The molecule has 2 aliphatic heterocycles. The van der Waals surface area contributed by atoms with Crippen LogP contribution in [0.1, 0.15) is 82.6 Å². The van der Waals surface area contributed by atoms with Gasteiger partial charge in [0.15, 0.2) is 17.7 Å². The Labute approximate surface area is 256 Å². The maximum absolute atomic E-state index is 15.6. The summed E-state index contributed by atoms with van der Waals surface area (Å²) in [6.07, 6.45) is 1.89. The lowest BCUT2D eigenvalue weighted by molar-refractivity contribution is -0.160. The van der Waals surface area contributed by atoms with E-state index >= 15 is 4.39 Å². The average molecular weight is 600 g/mol. The van der Waals surface area contributed by atoms with E-state index in [9.17, 15) is 14.7 Å². The zero-order valence-electron chi connectivity index (χ0n) is 26.3. The third-order valence-electron chi connectivity index (χ3n) is 8.96. The van der Waals surface area contributed by atoms with Crippen molar-refractivity contribution in [2.24, 2.45) is 7.05 Å². The summed E-state index contributed by atoms with van der Waals surface area (Å²) in [5, 5.41) is 15.7. The number of aryl methyl sites for hydroxylation is 1. The van der Waals surface area contributed by atoms with E-state index < -0.39 is 23.5 Å². The van der Waals surface area contributed by atoms with E-state index in [1.807, 2.05) is 66.8 Å². The standard InChI is InChI=1S/C35H38FN3O5/c1-18-23-9-8-12-43-31(23)27(36)14-24(18)29-19(2)25-16-39(33(40)21-10-11-28-22(13-21)15-37-38(28)7)17-26(25)20(3)30(29)32(34(41)42)44-35(4,5)6/h10-11,13-15,32H,8-9,12,16-17H2,1-7H3,(H,41,42)/t32-/m0/s1. The van der Waals surface area contributed by atoms with Gasteiger partial charge in [0.05, 0.1) is 23.9 Å². The van der Waals surface area contributed by atoms with E-state index in [2.05, 4.69) is 5.10 Å². The molecule has 230 valence electrons. The van der Waals surface area contributed by atoms with Crippen molar-refractivity contribution < 1.29 is 28.6 Å². The van der Waals surface area contributed by atoms with Crippen molar-refractivity contribution in [1.29, 1.82) is 0 Å². The molecule has 3 aromatic carbocycles. The first-order chi connectivity index (χ1) is 20.8. The van der Waals surface area contributed by atoms with Crippen LogP contribution in [0.3, 0.4) is 0 Å². The molecule has 6 rings (SSSR count). The average Bonchev–Trinajstić information content (AvgIpc) is 3.59. The Morgan fingerprint density at radius 3 is 2.43 bits per heavy atom. The van der Waals surface area contributed by atoms with Crippen molar-refractivity contribution in [2.45, 2.75) is 79.2 Å². The number of hydrogen-bond donors (Lipinski definition) is 1. The minimum Gasteiger partial charge on any atom is -0.490 e. The first-order valence-corrected chi connectivity index (χ1v) is 15.0. The van der Waals surface area contributed by atoms with E-state index in [0.29, 0.717) is 48.4 Å². The summed E-state index contributed by atoms with van der Waals surface area (Å²) < 4.78 is 29.3. The van der Waals surface area contributed by atoms with Gasteiger partial charge in [-0.2, -0.15) is 5.10 Å². The van der Waals surface area contributed by atoms with Crippen LogP contribution in [-0.2, 0) is 36.1 Å². The predicted octanol–water partition coefficient (Wildman–Crippen LogP) is 6.73. The Morgan fingerprint density at radius 1 is 1.05 bits per heavy atom. The second-order valence-corrected chi connectivity index (χ2v) is 12.9. The van der Waals surface area contributed by atoms with Gasteiger partial charge in [0.2, 0.25) is 0 Å². The van der Waals surface area contributed by atoms with Gasteiger partial charge in [-0.1, -0.05) is 0 Å². The van der Waals surface area contributed by atoms with Gasteiger partial charge in [-0.15, -0.1) is 0 Å². The number of benzene rings is 3. The Hall–Kier alpha value is -4.24. The lowest BCUT2D eigenvalue weighted by Gasteiger charge is -2.31. The summed E-state index contributed by atoms with van der Waals surface area (Å²) >= 11 is 0. The molecule has 0 saturated carbocycles. The Kier molecular flexibility index (Phi) is 7.27. The number of carbonyl (C=O) groups is 2. The Balaban J connectivity index is 1.53. The van der Waals surface area contributed by atoms with Gasteiger partial charge in [0.1, 0.15) is 0 Å².